The van der Waals surface area contributed by atoms with Crippen LogP contribution in [0.1, 0.15) is 24.8 Å². The lowest BCUT2D eigenvalue weighted by molar-refractivity contribution is -0.128. The Balaban J connectivity index is 2.06. The fourth-order valence-electron chi connectivity index (χ4n) is 3.54. The topological polar surface area (TPSA) is 59.6 Å². The third-order valence-corrected chi connectivity index (χ3v) is 4.72. The van der Waals surface area contributed by atoms with Crippen molar-refractivity contribution in [1.29, 1.82) is 0 Å². The summed E-state index contributed by atoms with van der Waals surface area (Å²) in [6, 6.07) is 0. The average Bonchev–Trinajstić information content (AvgIpc) is 3.17. The number of H-pyrrole nitrogens is 1. The molecular weight excluding hydrogens is 302 g/mol. The molecule has 2 N–H and O–H groups in total. The van der Waals surface area contributed by atoms with Crippen LogP contribution in [-0.2, 0) is 4.79 Å². The van der Waals surface area contributed by atoms with Crippen LogP contribution in [0.25, 0.3) is 17.7 Å². The van der Waals surface area contributed by atoms with Crippen LogP contribution in [0.4, 0.5) is 0 Å². The van der Waals surface area contributed by atoms with Crippen LogP contribution in [0.3, 0.4) is 0 Å². The first-order valence-electron chi connectivity index (χ1n) is 8.50. The Morgan fingerprint density at radius 1 is 1.46 bits per heavy atom. The number of nitrogens with zero attached hydrogens (tertiary/aromatic N) is 2. The highest BCUT2D eigenvalue weighted by molar-refractivity contribution is 6.01. The van der Waals surface area contributed by atoms with Gasteiger partial charge in [0.1, 0.15) is 5.70 Å². The van der Waals surface area contributed by atoms with Gasteiger partial charge in [-0.2, -0.15) is 0 Å². The molecule has 1 aliphatic heterocycles. The Hall–Kier alpha value is -2.27. The molecule has 24 heavy (non-hydrogen) atoms. The van der Waals surface area contributed by atoms with Crippen LogP contribution in [0.5, 0.6) is 0 Å². The van der Waals surface area contributed by atoms with Crippen molar-refractivity contribution in [1.82, 2.24) is 14.8 Å². The second kappa shape index (κ2) is 7.09. The highest BCUT2D eigenvalue weighted by Crippen LogP contribution is 2.29. The predicted molar refractivity (Wildman–Crippen MR) is 96.2 cm³/mol. The number of hydrogen-bond acceptors (Lipinski definition) is 3. The molecule has 0 fully saturated rings. The summed E-state index contributed by atoms with van der Waals surface area (Å²) in [6.07, 6.45) is 11.1. The van der Waals surface area contributed by atoms with Crippen molar-refractivity contribution < 1.29 is 9.90 Å². The van der Waals surface area contributed by atoms with Gasteiger partial charge in [0.2, 0.25) is 0 Å². The van der Waals surface area contributed by atoms with Crippen molar-refractivity contribution in [3.63, 3.8) is 0 Å². The first kappa shape index (κ1) is 16.6. The van der Waals surface area contributed by atoms with Crippen LogP contribution >= 0.6 is 0 Å². The summed E-state index contributed by atoms with van der Waals surface area (Å²) < 4.78 is 0. The fraction of sp³-hybridized carbons (Fsp3) is 0.421. The predicted octanol–water partition coefficient (Wildman–Crippen LogP) is 0.423. The van der Waals surface area contributed by atoms with Crippen LogP contribution < -0.4 is 10.6 Å². The fourth-order valence-corrected chi connectivity index (χ4v) is 3.54. The molecule has 0 unspecified atom stereocenters. The van der Waals surface area contributed by atoms with Gasteiger partial charge in [-0.05, 0) is 24.8 Å². The Bertz CT molecular complexity index is 788. The number of rotatable bonds is 6. The SMILES string of the molecule is C=CCN(CCO)C(=O)C1=C(c2c[nH]c3c2=CCCC=3)CCN1C. The van der Waals surface area contributed by atoms with Gasteiger partial charge in [0, 0.05) is 49.0 Å². The van der Waals surface area contributed by atoms with E-state index in [9.17, 15) is 9.90 Å². The summed E-state index contributed by atoms with van der Waals surface area (Å²) in [6.45, 7) is 5.26. The molecule has 1 amide bonds. The molecule has 0 spiro atoms. The molecule has 1 aromatic heterocycles. The van der Waals surface area contributed by atoms with Gasteiger partial charge in [0.05, 0.1) is 6.61 Å². The Labute approximate surface area is 142 Å². The molecule has 5 nitrogen and oxygen atoms in total. The van der Waals surface area contributed by atoms with Gasteiger partial charge in [-0.3, -0.25) is 4.79 Å². The third-order valence-electron chi connectivity index (χ3n) is 4.72. The molecule has 0 atom stereocenters. The summed E-state index contributed by atoms with van der Waals surface area (Å²) >= 11 is 0. The molecule has 1 aromatic rings. The number of aromatic nitrogens is 1. The van der Waals surface area contributed by atoms with Gasteiger partial charge in [-0.15, -0.1) is 6.58 Å². The number of likely N-dealkylation sites (N-methyl/N-ethyl adjacent to an activating group) is 1. The van der Waals surface area contributed by atoms with Crippen molar-refractivity contribution in [3.05, 3.63) is 40.7 Å². The van der Waals surface area contributed by atoms with Crippen LogP contribution in [0.2, 0.25) is 0 Å². The average molecular weight is 327 g/mol. The van der Waals surface area contributed by atoms with Crippen molar-refractivity contribution >= 4 is 23.6 Å². The van der Waals surface area contributed by atoms with E-state index in [1.54, 1.807) is 11.0 Å². The van der Waals surface area contributed by atoms with Gasteiger partial charge in [0.25, 0.3) is 5.91 Å². The lowest BCUT2D eigenvalue weighted by atomic mass is 10.0. The second-order valence-corrected chi connectivity index (χ2v) is 6.28. The van der Waals surface area contributed by atoms with E-state index in [0.29, 0.717) is 13.1 Å². The van der Waals surface area contributed by atoms with Gasteiger partial charge in [-0.25, -0.2) is 0 Å². The molecule has 1 aliphatic carbocycles. The minimum atomic E-state index is -0.0474. The number of nitrogens with one attached hydrogen (secondary N) is 1. The van der Waals surface area contributed by atoms with Crippen molar-refractivity contribution in [2.45, 2.75) is 19.3 Å². The maximum atomic E-state index is 13.0. The van der Waals surface area contributed by atoms with E-state index >= 15 is 0 Å². The summed E-state index contributed by atoms with van der Waals surface area (Å²) in [5.74, 6) is -0.0336. The molecule has 0 radical (unpaired) electrons. The number of carbonyl (C=O) groups is 1. The molecule has 0 saturated carbocycles. The highest BCUT2D eigenvalue weighted by atomic mass is 16.3. The van der Waals surface area contributed by atoms with Crippen molar-refractivity contribution in [2.75, 3.05) is 33.3 Å². The Morgan fingerprint density at radius 3 is 3.00 bits per heavy atom. The second-order valence-electron chi connectivity index (χ2n) is 6.28. The minimum Gasteiger partial charge on any atom is -0.395 e. The molecule has 0 saturated heterocycles. The molecule has 2 aliphatic rings. The van der Waals surface area contributed by atoms with Gasteiger partial charge < -0.3 is 19.9 Å². The molecule has 3 rings (SSSR count). The number of hydrogen-bond donors (Lipinski definition) is 2. The van der Waals surface area contributed by atoms with E-state index in [2.05, 4.69) is 23.7 Å². The maximum Gasteiger partial charge on any atom is 0.270 e. The van der Waals surface area contributed by atoms with Crippen molar-refractivity contribution in [3.8, 4) is 0 Å². The normalized spacial score (nSPS) is 16.5. The van der Waals surface area contributed by atoms with Crippen LogP contribution in [0.15, 0.2) is 24.5 Å². The first-order chi connectivity index (χ1) is 11.7. The van der Waals surface area contributed by atoms with E-state index < -0.39 is 0 Å². The van der Waals surface area contributed by atoms with E-state index in [0.717, 1.165) is 48.0 Å². The molecule has 0 aromatic carbocycles. The molecule has 5 heteroatoms. The number of aliphatic hydroxyl groups is 1. The summed E-state index contributed by atoms with van der Waals surface area (Å²) in [5.41, 5.74) is 2.97. The summed E-state index contributed by atoms with van der Waals surface area (Å²) in [7, 11) is 1.96. The Kier molecular flexibility index (Phi) is 4.90. The van der Waals surface area contributed by atoms with Gasteiger partial charge in [-0.1, -0.05) is 18.2 Å². The zero-order chi connectivity index (χ0) is 17.1. The molecule has 2 heterocycles. The smallest absolute Gasteiger partial charge is 0.270 e. The number of fused-ring (bicyclic) bond motifs is 1. The third kappa shape index (κ3) is 2.91. The lowest BCUT2D eigenvalue weighted by Gasteiger charge is -2.25. The maximum absolute atomic E-state index is 13.0. The van der Waals surface area contributed by atoms with E-state index in [4.69, 9.17) is 0 Å². The summed E-state index contributed by atoms with van der Waals surface area (Å²) in [5, 5.41) is 11.6. The van der Waals surface area contributed by atoms with Crippen LogP contribution in [0, 0.1) is 0 Å². The van der Waals surface area contributed by atoms with Gasteiger partial charge in [0.15, 0.2) is 0 Å². The molecular formula is C19H25N3O2. The Morgan fingerprint density at radius 2 is 2.25 bits per heavy atom. The summed E-state index contributed by atoms with van der Waals surface area (Å²) in [4.78, 5) is 20.1. The molecule has 128 valence electrons. The lowest BCUT2D eigenvalue weighted by Crippen LogP contribution is -2.38. The zero-order valence-corrected chi connectivity index (χ0v) is 14.2. The van der Waals surface area contributed by atoms with E-state index in [1.165, 1.54) is 5.22 Å². The number of carbonyl (C=O) groups excluding carboxylic acids is 1. The van der Waals surface area contributed by atoms with E-state index in [1.807, 2.05) is 18.1 Å². The van der Waals surface area contributed by atoms with Crippen molar-refractivity contribution in [2.24, 2.45) is 0 Å². The number of amides is 1. The monoisotopic (exact) mass is 327 g/mol. The number of aliphatic hydroxyl groups excluding tert-OH is 1. The minimum absolute atomic E-state index is 0.0336. The molecule has 0 bridgehead atoms. The zero-order valence-electron chi connectivity index (χ0n) is 14.2. The first-order valence-corrected chi connectivity index (χ1v) is 8.50. The van der Waals surface area contributed by atoms with E-state index in [-0.39, 0.29) is 12.5 Å². The highest BCUT2D eigenvalue weighted by Gasteiger charge is 2.30. The standard InChI is InChI=1S/C19H25N3O2/c1-3-9-22(11-12-23)19(24)18-15(8-10-21(18)2)16-13-20-17-7-5-4-6-14(16)17/h3,6-7,13,20,23H,1,4-5,8-12H2,2H3. The van der Waals surface area contributed by atoms with Gasteiger partial charge >= 0.3 is 0 Å². The quantitative estimate of drug-likeness (QED) is 0.745. The number of aromatic amines is 1. The van der Waals surface area contributed by atoms with Crippen LogP contribution in [-0.4, -0.2) is 59.1 Å². The largest absolute Gasteiger partial charge is 0.395 e.